The predicted octanol–water partition coefficient (Wildman–Crippen LogP) is 3.38. The van der Waals surface area contributed by atoms with Crippen molar-refractivity contribution in [3.05, 3.63) is 53.1 Å². The minimum Gasteiger partial charge on any atom is -0.375 e. The van der Waals surface area contributed by atoms with Crippen LogP contribution in [0.1, 0.15) is 25.3 Å². The molecule has 0 aliphatic heterocycles. The topological polar surface area (TPSA) is 52.6 Å². The van der Waals surface area contributed by atoms with Crippen LogP contribution in [0.25, 0.3) is 0 Å². The Hall–Kier alpha value is -1.43. The zero-order chi connectivity index (χ0) is 16.0. The second-order valence-corrected chi connectivity index (χ2v) is 7.08. The summed E-state index contributed by atoms with van der Waals surface area (Å²) in [4.78, 5) is 0.175. The van der Waals surface area contributed by atoms with Gasteiger partial charge in [-0.05, 0) is 44.4 Å². The number of hydrogen-bond acceptors (Lipinski definition) is 4. The molecule has 1 aliphatic carbocycles. The maximum atomic E-state index is 11.9. The van der Waals surface area contributed by atoms with Crippen molar-refractivity contribution in [2.24, 2.45) is 0 Å². The van der Waals surface area contributed by atoms with Gasteiger partial charge in [-0.1, -0.05) is 35.4 Å². The molecule has 0 spiro atoms. The lowest BCUT2D eigenvalue weighted by atomic mass is 10.0. The van der Waals surface area contributed by atoms with Gasteiger partial charge in [0.05, 0.1) is 24.7 Å². The number of benzene rings is 1. The second kappa shape index (κ2) is 7.72. The van der Waals surface area contributed by atoms with Crippen molar-refractivity contribution in [2.75, 3.05) is 19.8 Å². The lowest BCUT2D eigenvalue weighted by Crippen LogP contribution is -2.12. The van der Waals surface area contributed by atoms with Gasteiger partial charge in [0.1, 0.15) is 0 Å². The highest BCUT2D eigenvalue weighted by Crippen LogP contribution is 2.17. The van der Waals surface area contributed by atoms with E-state index in [0.717, 1.165) is 18.4 Å². The average Bonchev–Trinajstić information content (AvgIpc) is 2.49. The summed E-state index contributed by atoms with van der Waals surface area (Å²) in [6, 6.07) is 6.59. The van der Waals surface area contributed by atoms with E-state index < -0.39 is 10.1 Å². The summed E-state index contributed by atoms with van der Waals surface area (Å²) >= 11 is 0. The van der Waals surface area contributed by atoms with E-state index in [2.05, 4.69) is 19.1 Å². The van der Waals surface area contributed by atoms with Crippen LogP contribution < -0.4 is 0 Å². The van der Waals surface area contributed by atoms with Crippen LogP contribution in [0.2, 0.25) is 0 Å². The van der Waals surface area contributed by atoms with Crippen LogP contribution in [0.4, 0.5) is 0 Å². The highest BCUT2D eigenvalue weighted by molar-refractivity contribution is 7.86. The third kappa shape index (κ3) is 5.09. The molecule has 0 bridgehead atoms. The molecule has 1 aliphatic rings. The molecule has 0 saturated carbocycles. The molecule has 4 nitrogen and oxygen atoms in total. The Morgan fingerprint density at radius 3 is 2.36 bits per heavy atom. The summed E-state index contributed by atoms with van der Waals surface area (Å²) in [6.07, 6.45) is 6.24. The van der Waals surface area contributed by atoms with Gasteiger partial charge in [0.25, 0.3) is 10.1 Å². The molecule has 0 aromatic heterocycles. The first-order valence-corrected chi connectivity index (χ1v) is 8.75. The van der Waals surface area contributed by atoms with E-state index in [1.807, 2.05) is 6.92 Å². The Bertz CT molecular complexity index is 654. The van der Waals surface area contributed by atoms with Crippen LogP contribution in [-0.4, -0.2) is 28.2 Å². The molecule has 0 radical (unpaired) electrons. The van der Waals surface area contributed by atoms with E-state index >= 15 is 0 Å². The summed E-state index contributed by atoms with van der Waals surface area (Å²) < 4.78 is 34.3. The van der Waals surface area contributed by atoms with Crippen molar-refractivity contribution in [2.45, 2.75) is 31.6 Å². The van der Waals surface area contributed by atoms with Gasteiger partial charge in [-0.15, -0.1) is 0 Å². The minimum absolute atomic E-state index is 0.0261. The third-order valence-corrected chi connectivity index (χ3v) is 4.82. The smallest absolute Gasteiger partial charge is 0.297 e. The summed E-state index contributed by atoms with van der Waals surface area (Å²) in [7, 11) is -3.69. The molecule has 1 aromatic rings. The van der Waals surface area contributed by atoms with Crippen molar-refractivity contribution in [1.29, 1.82) is 0 Å². The highest BCUT2D eigenvalue weighted by Gasteiger charge is 2.14. The fourth-order valence-electron chi connectivity index (χ4n) is 2.07. The first kappa shape index (κ1) is 16.9. The van der Waals surface area contributed by atoms with Crippen LogP contribution >= 0.6 is 0 Å². The van der Waals surface area contributed by atoms with Gasteiger partial charge in [0, 0.05) is 0 Å². The summed E-state index contributed by atoms with van der Waals surface area (Å²) in [6.45, 7) is 4.82. The molecule has 2 rings (SSSR count). The standard InChI is InChI=1S/C17H22O4S/c1-14-3-7-16(8-4-14)13-20-11-12-21-22(18,19)17-9-5-15(2)6-10-17/h3,5-6,8-10H,4,7,11-13H2,1-2H3. The molecular formula is C17H22O4S. The van der Waals surface area contributed by atoms with Crippen molar-refractivity contribution in [3.63, 3.8) is 0 Å². The zero-order valence-corrected chi connectivity index (χ0v) is 13.9. The van der Waals surface area contributed by atoms with Crippen LogP contribution in [0.5, 0.6) is 0 Å². The SMILES string of the molecule is CC1=CCC(COCCOS(=O)(=O)c2ccc(C)cc2)=CC1. The first-order chi connectivity index (χ1) is 10.5. The molecule has 0 fully saturated rings. The molecule has 0 heterocycles. The van der Waals surface area contributed by atoms with E-state index in [9.17, 15) is 8.42 Å². The molecule has 120 valence electrons. The maximum Gasteiger partial charge on any atom is 0.297 e. The van der Waals surface area contributed by atoms with Crippen LogP contribution in [0, 0.1) is 6.92 Å². The van der Waals surface area contributed by atoms with E-state index in [1.165, 1.54) is 11.1 Å². The second-order valence-electron chi connectivity index (χ2n) is 5.46. The van der Waals surface area contributed by atoms with Gasteiger partial charge in [-0.2, -0.15) is 8.42 Å². The number of rotatable bonds is 7. The Morgan fingerprint density at radius 1 is 1.00 bits per heavy atom. The molecular weight excluding hydrogens is 300 g/mol. The fraction of sp³-hybridized carbons (Fsp3) is 0.412. The van der Waals surface area contributed by atoms with Crippen LogP contribution in [0.15, 0.2) is 52.5 Å². The molecule has 0 atom stereocenters. The largest absolute Gasteiger partial charge is 0.375 e. The molecule has 0 saturated heterocycles. The quantitative estimate of drug-likeness (QED) is 0.439. The number of ether oxygens (including phenoxy) is 1. The lowest BCUT2D eigenvalue weighted by Gasteiger charge is -2.12. The monoisotopic (exact) mass is 322 g/mol. The lowest BCUT2D eigenvalue weighted by molar-refractivity contribution is 0.118. The molecule has 0 unspecified atom stereocenters. The summed E-state index contributed by atoms with van der Waals surface area (Å²) in [5.41, 5.74) is 3.61. The Balaban J connectivity index is 1.71. The number of aryl methyl sites for hydroxylation is 1. The van der Waals surface area contributed by atoms with Gasteiger partial charge in [-0.25, -0.2) is 0 Å². The van der Waals surface area contributed by atoms with Gasteiger partial charge < -0.3 is 4.74 Å². The Labute approximate surface area is 132 Å². The van der Waals surface area contributed by atoms with Crippen molar-refractivity contribution in [1.82, 2.24) is 0 Å². The van der Waals surface area contributed by atoms with E-state index in [4.69, 9.17) is 8.92 Å². The van der Waals surface area contributed by atoms with E-state index in [0.29, 0.717) is 6.61 Å². The van der Waals surface area contributed by atoms with Crippen molar-refractivity contribution in [3.8, 4) is 0 Å². The Kier molecular flexibility index (Phi) is 5.94. The normalized spacial score (nSPS) is 15.4. The van der Waals surface area contributed by atoms with Gasteiger partial charge in [0.2, 0.25) is 0 Å². The van der Waals surface area contributed by atoms with Gasteiger partial charge >= 0.3 is 0 Å². The zero-order valence-electron chi connectivity index (χ0n) is 13.0. The molecule has 22 heavy (non-hydrogen) atoms. The summed E-state index contributed by atoms with van der Waals surface area (Å²) in [5, 5.41) is 0. The molecule has 5 heteroatoms. The van der Waals surface area contributed by atoms with Crippen molar-refractivity contribution >= 4 is 10.1 Å². The number of allylic oxidation sites excluding steroid dienone is 3. The third-order valence-electron chi connectivity index (χ3n) is 3.49. The molecule has 0 amide bonds. The van der Waals surface area contributed by atoms with E-state index in [1.54, 1.807) is 24.3 Å². The Morgan fingerprint density at radius 2 is 1.73 bits per heavy atom. The highest BCUT2D eigenvalue weighted by atomic mass is 32.2. The van der Waals surface area contributed by atoms with E-state index in [-0.39, 0.29) is 18.1 Å². The molecule has 0 N–H and O–H groups in total. The summed E-state index contributed by atoms with van der Waals surface area (Å²) in [5.74, 6) is 0. The minimum atomic E-state index is -3.69. The van der Waals surface area contributed by atoms with Crippen molar-refractivity contribution < 1.29 is 17.3 Å². The van der Waals surface area contributed by atoms with Gasteiger partial charge in [-0.3, -0.25) is 4.18 Å². The van der Waals surface area contributed by atoms with Gasteiger partial charge in [0.15, 0.2) is 0 Å². The first-order valence-electron chi connectivity index (χ1n) is 7.35. The van der Waals surface area contributed by atoms with Crippen LogP contribution in [-0.2, 0) is 19.0 Å². The fourth-order valence-corrected chi connectivity index (χ4v) is 2.97. The predicted molar refractivity (Wildman–Crippen MR) is 86.2 cm³/mol. The maximum absolute atomic E-state index is 11.9. The van der Waals surface area contributed by atoms with Crippen LogP contribution in [0.3, 0.4) is 0 Å². The molecule has 1 aromatic carbocycles. The average molecular weight is 322 g/mol. The number of hydrogen-bond donors (Lipinski definition) is 0.